The lowest BCUT2D eigenvalue weighted by Crippen LogP contribution is -2.49. The number of amides is 1. The monoisotopic (exact) mass is 421 g/mol. The number of ether oxygens (including phenoxy) is 1. The molecule has 0 aliphatic carbocycles. The first kappa shape index (κ1) is 21.0. The van der Waals surface area contributed by atoms with E-state index < -0.39 is 0 Å². The maximum atomic E-state index is 12.2. The summed E-state index contributed by atoms with van der Waals surface area (Å²) < 4.78 is 11.0. The van der Waals surface area contributed by atoms with E-state index in [4.69, 9.17) is 9.15 Å². The Balaban J connectivity index is 1.20. The van der Waals surface area contributed by atoms with Crippen molar-refractivity contribution in [1.82, 2.24) is 25.3 Å². The fourth-order valence-electron chi connectivity index (χ4n) is 3.52. The van der Waals surface area contributed by atoms with Crippen LogP contribution in [0.5, 0.6) is 5.75 Å². The SMILES string of the molecule is COc1ccc(-c2nnc(CN3CCN(CC(=O)NCc4ccccc4)CC3)o2)cc1. The first-order chi connectivity index (χ1) is 15.2. The Labute approximate surface area is 181 Å². The van der Waals surface area contributed by atoms with Crippen molar-refractivity contribution in [1.29, 1.82) is 0 Å². The number of piperazine rings is 1. The van der Waals surface area contributed by atoms with Gasteiger partial charge in [-0.25, -0.2) is 0 Å². The van der Waals surface area contributed by atoms with Gasteiger partial charge in [0.1, 0.15) is 5.75 Å². The van der Waals surface area contributed by atoms with Crippen LogP contribution in [0.1, 0.15) is 11.5 Å². The van der Waals surface area contributed by atoms with Gasteiger partial charge in [-0.1, -0.05) is 30.3 Å². The van der Waals surface area contributed by atoms with E-state index in [-0.39, 0.29) is 5.91 Å². The molecule has 0 spiro atoms. The molecular formula is C23H27N5O3. The minimum absolute atomic E-state index is 0.0540. The Morgan fingerprint density at radius 2 is 1.71 bits per heavy atom. The van der Waals surface area contributed by atoms with Gasteiger partial charge in [0.2, 0.25) is 17.7 Å². The van der Waals surface area contributed by atoms with Gasteiger partial charge in [0, 0.05) is 38.3 Å². The molecule has 0 unspecified atom stereocenters. The van der Waals surface area contributed by atoms with E-state index in [2.05, 4.69) is 25.3 Å². The lowest BCUT2D eigenvalue weighted by atomic mass is 10.2. The van der Waals surface area contributed by atoms with E-state index in [1.54, 1.807) is 7.11 Å². The Kier molecular flexibility index (Phi) is 6.91. The third-order valence-corrected chi connectivity index (χ3v) is 5.33. The highest BCUT2D eigenvalue weighted by molar-refractivity contribution is 5.78. The predicted octanol–water partition coefficient (Wildman–Crippen LogP) is 2.18. The summed E-state index contributed by atoms with van der Waals surface area (Å²) in [5, 5.41) is 11.3. The predicted molar refractivity (Wildman–Crippen MR) is 116 cm³/mol. The molecule has 1 fully saturated rings. The van der Waals surface area contributed by atoms with Gasteiger partial charge in [-0.05, 0) is 29.8 Å². The maximum absolute atomic E-state index is 12.2. The molecule has 31 heavy (non-hydrogen) atoms. The van der Waals surface area contributed by atoms with Crippen molar-refractivity contribution in [2.24, 2.45) is 0 Å². The van der Waals surface area contributed by atoms with Crippen molar-refractivity contribution < 1.29 is 13.9 Å². The molecular weight excluding hydrogens is 394 g/mol. The smallest absolute Gasteiger partial charge is 0.247 e. The van der Waals surface area contributed by atoms with Crippen molar-refractivity contribution in [2.75, 3.05) is 39.8 Å². The Hall–Kier alpha value is -3.23. The second-order valence-corrected chi connectivity index (χ2v) is 7.54. The molecule has 8 nitrogen and oxygen atoms in total. The summed E-state index contributed by atoms with van der Waals surface area (Å²) in [6.07, 6.45) is 0. The molecule has 3 aromatic rings. The average molecular weight is 422 g/mol. The number of methoxy groups -OCH3 is 1. The maximum Gasteiger partial charge on any atom is 0.247 e. The summed E-state index contributed by atoms with van der Waals surface area (Å²) in [6, 6.07) is 17.5. The molecule has 4 rings (SSSR count). The molecule has 0 radical (unpaired) electrons. The molecule has 1 aromatic heterocycles. The molecule has 0 atom stereocenters. The fourth-order valence-corrected chi connectivity index (χ4v) is 3.52. The van der Waals surface area contributed by atoms with Crippen LogP contribution in [-0.4, -0.2) is 65.7 Å². The minimum Gasteiger partial charge on any atom is -0.497 e. The van der Waals surface area contributed by atoms with Crippen LogP contribution in [0.15, 0.2) is 59.0 Å². The molecule has 2 aromatic carbocycles. The number of rotatable bonds is 8. The van der Waals surface area contributed by atoms with Crippen LogP contribution < -0.4 is 10.1 Å². The number of benzene rings is 2. The minimum atomic E-state index is 0.0540. The third-order valence-electron chi connectivity index (χ3n) is 5.33. The highest BCUT2D eigenvalue weighted by Crippen LogP contribution is 2.21. The number of nitrogens with one attached hydrogen (secondary N) is 1. The normalized spacial score (nSPS) is 15.0. The van der Waals surface area contributed by atoms with E-state index >= 15 is 0 Å². The first-order valence-electron chi connectivity index (χ1n) is 10.4. The summed E-state index contributed by atoms with van der Waals surface area (Å²) >= 11 is 0. The zero-order valence-electron chi connectivity index (χ0n) is 17.7. The molecule has 162 valence electrons. The highest BCUT2D eigenvalue weighted by atomic mass is 16.5. The van der Waals surface area contributed by atoms with Crippen LogP contribution in [0.3, 0.4) is 0 Å². The lowest BCUT2D eigenvalue weighted by Gasteiger charge is -2.33. The van der Waals surface area contributed by atoms with E-state index in [1.807, 2.05) is 54.6 Å². The topological polar surface area (TPSA) is 83.7 Å². The summed E-state index contributed by atoms with van der Waals surface area (Å²) in [5.74, 6) is 1.94. The lowest BCUT2D eigenvalue weighted by molar-refractivity contribution is -0.122. The standard InChI is InChI=1S/C23H27N5O3/c1-30-20-9-7-19(8-10-20)23-26-25-22(31-23)17-28-13-11-27(12-14-28)16-21(29)24-15-18-5-3-2-4-6-18/h2-10H,11-17H2,1H3,(H,24,29). The molecule has 1 amide bonds. The van der Waals surface area contributed by atoms with E-state index in [1.165, 1.54) is 0 Å². The van der Waals surface area contributed by atoms with E-state index in [0.717, 1.165) is 43.1 Å². The summed E-state index contributed by atoms with van der Waals surface area (Å²) in [6.45, 7) is 4.96. The number of hydrogen-bond acceptors (Lipinski definition) is 7. The second kappa shape index (κ2) is 10.2. The van der Waals surface area contributed by atoms with Crippen molar-refractivity contribution >= 4 is 5.91 Å². The number of aromatic nitrogens is 2. The van der Waals surface area contributed by atoms with Crippen LogP contribution in [0.2, 0.25) is 0 Å². The number of nitrogens with zero attached hydrogens (tertiary/aromatic N) is 4. The Morgan fingerprint density at radius 1 is 1.00 bits per heavy atom. The Morgan fingerprint density at radius 3 is 2.42 bits per heavy atom. The fraction of sp³-hybridized carbons (Fsp3) is 0.348. The zero-order chi connectivity index (χ0) is 21.5. The second-order valence-electron chi connectivity index (χ2n) is 7.54. The van der Waals surface area contributed by atoms with Crippen molar-refractivity contribution in [2.45, 2.75) is 13.1 Å². The molecule has 8 heteroatoms. The van der Waals surface area contributed by atoms with Crippen LogP contribution in [0, 0.1) is 0 Å². The average Bonchev–Trinajstić information content (AvgIpc) is 3.28. The zero-order valence-corrected chi connectivity index (χ0v) is 17.7. The van der Waals surface area contributed by atoms with Gasteiger partial charge in [-0.2, -0.15) is 0 Å². The molecule has 1 aliphatic heterocycles. The molecule has 0 bridgehead atoms. The molecule has 1 aliphatic rings. The largest absolute Gasteiger partial charge is 0.497 e. The van der Waals surface area contributed by atoms with Gasteiger partial charge in [-0.3, -0.25) is 14.6 Å². The highest BCUT2D eigenvalue weighted by Gasteiger charge is 2.21. The number of carbonyl (C=O) groups excluding carboxylic acids is 1. The summed E-state index contributed by atoms with van der Waals surface area (Å²) in [4.78, 5) is 16.7. The van der Waals surface area contributed by atoms with Crippen molar-refractivity contribution in [3.05, 3.63) is 66.1 Å². The first-order valence-corrected chi connectivity index (χ1v) is 10.4. The van der Waals surface area contributed by atoms with Gasteiger partial charge in [0.05, 0.1) is 20.2 Å². The van der Waals surface area contributed by atoms with E-state index in [0.29, 0.717) is 31.4 Å². The molecule has 1 N–H and O–H groups in total. The van der Waals surface area contributed by atoms with Crippen LogP contribution >= 0.6 is 0 Å². The number of carbonyl (C=O) groups is 1. The summed E-state index contributed by atoms with van der Waals surface area (Å²) in [7, 11) is 1.64. The van der Waals surface area contributed by atoms with E-state index in [9.17, 15) is 4.79 Å². The quantitative estimate of drug-likeness (QED) is 0.597. The van der Waals surface area contributed by atoms with Crippen LogP contribution in [0.4, 0.5) is 0 Å². The molecule has 1 saturated heterocycles. The number of hydrogen-bond donors (Lipinski definition) is 1. The Bertz CT molecular complexity index is 966. The molecule has 2 heterocycles. The molecule has 0 saturated carbocycles. The third kappa shape index (κ3) is 5.90. The van der Waals surface area contributed by atoms with Gasteiger partial charge < -0.3 is 14.5 Å². The van der Waals surface area contributed by atoms with Crippen LogP contribution in [-0.2, 0) is 17.9 Å². The van der Waals surface area contributed by atoms with Gasteiger partial charge in [0.25, 0.3) is 0 Å². The van der Waals surface area contributed by atoms with Crippen LogP contribution in [0.25, 0.3) is 11.5 Å². The van der Waals surface area contributed by atoms with Crippen molar-refractivity contribution in [3.63, 3.8) is 0 Å². The van der Waals surface area contributed by atoms with Gasteiger partial charge >= 0.3 is 0 Å². The summed E-state index contributed by atoms with van der Waals surface area (Å²) in [5.41, 5.74) is 1.97. The van der Waals surface area contributed by atoms with Gasteiger partial charge in [-0.15, -0.1) is 10.2 Å². The van der Waals surface area contributed by atoms with Crippen molar-refractivity contribution in [3.8, 4) is 17.2 Å². The van der Waals surface area contributed by atoms with Gasteiger partial charge in [0.15, 0.2) is 0 Å².